The van der Waals surface area contributed by atoms with Gasteiger partial charge < -0.3 is 10.8 Å². The van der Waals surface area contributed by atoms with E-state index in [-0.39, 0.29) is 6.10 Å². The first kappa shape index (κ1) is 12.6. The molecule has 17 heavy (non-hydrogen) atoms. The predicted molar refractivity (Wildman–Crippen MR) is 69.4 cm³/mol. The zero-order chi connectivity index (χ0) is 12.3. The van der Waals surface area contributed by atoms with Crippen LogP contribution in [0.5, 0.6) is 0 Å². The van der Waals surface area contributed by atoms with Gasteiger partial charge in [0.15, 0.2) is 0 Å². The van der Waals surface area contributed by atoms with Gasteiger partial charge in [-0.2, -0.15) is 0 Å². The molecule has 1 saturated heterocycles. The lowest BCUT2D eigenvalue weighted by atomic mass is 10.0. The Balaban J connectivity index is 1.93. The maximum absolute atomic E-state index is 9.57. The third-order valence-corrected chi connectivity index (χ3v) is 3.62. The van der Waals surface area contributed by atoms with Crippen molar-refractivity contribution >= 4 is 0 Å². The lowest BCUT2D eigenvalue weighted by Crippen LogP contribution is -2.24. The van der Waals surface area contributed by atoms with Crippen LogP contribution in [-0.2, 0) is 13.1 Å². The lowest BCUT2D eigenvalue weighted by molar-refractivity contribution is 0.127. The topological polar surface area (TPSA) is 49.5 Å². The van der Waals surface area contributed by atoms with Gasteiger partial charge in [0.05, 0.1) is 6.10 Å². The van der Waals surface area contributed by atoms with Gasteiger partial charge in [-0.15, -0.1) is 0 Å². The second-order valence-electron chi connectivity index (χ2n) is 5.05. The number of rotatable bonds is 4. The molecule has 0 saturated carbocycles. The molecule has 1 aliphatic heterocycles. The van der Waals surface area contributed by atoms with E-state index in [0.29, 0.717) is 12.5 Å². The summed E-state index contributed by atoms with van der Waals surface area (Å²) in [6, 6.07) is 8.45. The van der Waals surface area contributed by atoms with E-state index in [4.69, 9.17) is 5.73 Å². The van der Waals surface area contributed by atoms with E-state index >= 15 is 0 Å². The number of aliphatic hydroxyl groups excluding tert-OH is 1. The van der Waals surface area contributed by atoms with Gasteiger partial charge in [0.25, 0.3) is 0 Å². The highest BCUT2D eigenvalue weighted by Crippen LogP contribution is 2.21. The fraction of sp³-hybridized carbons (Fsp3) is 0.571. The first-order valence-corrected chi connectivity index (χ1v) is 6.37. The van der Waals surface area contributed by atoms with E-state index in [1.165, 1.54) is 11.1 Å². The van der Waals surface area contributed by atoms with Crippen LogP contribution in [0.25, 0.3) is 0 Å². The molecule has 1 heterocycles. The van der Waals surface area contributed by atoms with Gasteiger partial charge in [0, 0.05) is 19.6 Å². The van der Waals surface area contributed by atoms with Crippen LogP contribution in [0.4, 0.5) is 0 Å². The summed E-state index contributed by atoms with van der Waals surface area (Å²) < 4.78 is 0. The molecule has 0 amide bonds. The number of aliphatic hydroxyl groups is 1. The van der Waals surface area contributed by atoms with Crippen LogP contribution in [0.1, 0.15) is 24.5 Å². The average Bonchev–Trinajstić information content (AvgIpc) is 2.78. The molecule has 1 fully saturated rings. The fourth-order valence-corrected chi connectivity index (χ4v) is 2.51. The minimum Gasteiger partial charge on any atom is -0.393 e. The Morgan fingerprint density at radius 1 is 1.47 bits per heavy atom. The number of hydrogen-bond acceptors (Lipinski definition) is 3. The largest absolute Gasteiger partial charge is 0.393 e. The van der Waals surface area contributed by atoms with Crippen LogP contribution < -0.4 is 5.73 Å². The second-order valence-corrected chi connectivity index (χ2v) is 5.05. The summed E-state index contributed by atoms with van der Waals surface area (Å²) >= 11 is 0. The molecular weight excluding hydrogens is 212 g/mol. The monoisotopic (exact) mass is 234 g/mol. The minimum absolute atomic E-state index is 0.185. The van der Waals surface area contributed by atoms with Gasteiger partial charge in [-0.3, -0.25) is 4.90 Å². The van der Waals surface area contributed by atoms with E-state index in [1.54, 1.807) is 0 Å². The van der Waals surface area contributed by atoms with Crippen molar-refractivity contribution < 1.29 is 5.11 Å². The van der Waals surface area contributed by atoms with E-state index in [1.807, 2.05) is 6.92 Å². The van der Waals surface area contributed by atoms with Crippen LogP contribution in [0.3, 0.4) is 0 Å². The Bertz CT molecular complexity index is 365. The van der Waals surface area contributed by atoms with Crippen molar-refractivity contribution in [1.82, 2.24) is 4.90 Å². The molecule has 3 heteroatoms. The molecule has 0 radical (unpaired) electrons. The van der Waals surface area contributed by atoms with Crippen molar-refractivity contribution in [3.8, 4) is 0 Å². The van der Waals surface area contributed by atoms with Crippen LogP contribution in [0, 0.1) is 5.92 Å². The third-order valence-electron chi connectivity index (χ3n) is 3.62. The standard InChI is InChI=1S/C14H22N2O/c1-11(17)14-5-6-16(10-14)9-13-4-2-3-12(7-13)8-15/h2-4,7,11,14,17H,5-6,8-10,15H2,1H3. The number of likely N-dealkylation sites (tertiary alicyclic amines) is 1. The maximum atomic E-state index is 9.57. The van der Waals surface area contributed by atoms with E-state index < -0.39 is 0 Å². The zero-order valence-electron chi connectivity index (χ0n) is 10.5. The number of nitrogens with zero attached hydrogens (tertiary/aromatic N) is 1. The summed E-state index contributed by atoms with van der Waals surface area (Å²) in [5, 5.41) is 9.57. The molecule has 1 aromatic rings. The zero-order valence-corrected chi connectivity index (χ0v) is 10.5. The van der Waals surface area contributed by atoms with Crippen molar-refractivity contribution in [2.24, 2.45) is 11.7 Å². The highest BCUT2D eigenvalue weighted by atomic mass is 16.3. The molecule has 2 unspecified atom stereocenters. The van der Waals surface area contributed by atoms with Crippen LogP contribution >= 0.6 is 0 Å². The highest BCUT2D eigenvalue weighted by molar-refractivity contribution is 5.23. The molecule has 2 atom stereocenters. The smallest absolute Gasteiger partial charge is 0.0552 e. The molecule has 3 nitrogen and oxygen atoms in total. The first-order chi connectivity index (χ1) is 8.19. The highest BCUT2D eigenvalue weighted by Gasteiger charge is 2.25. The Hall–Kier alpha value is -0.900. The number of benzene rings is 1. The first-order valence-electron chi connectivity index (χ1n) is 6.37. The molecule has 1 aliphatic rings. The molecular formula is C14H22N2O. The summed E-state index contributed by atoms with van der Waals surface area (Å²) in [4.78, 5) is 2.41. The summed E-state index contributed by atoms with van der Waals surface area (Å²) in [7, 11) is 0. The predicted octanol–water partition coefficient (Wildman–Crippen LogP) is 1.35. The molecule has 94 valence electrons. The molecule has 0 bridgehead atoms. The third kappa shape index (κ3) is 3.28. The van der Waals surface area contributed by atoms with Crippen molar-refractivity contribution in [1.29, 1.82) is 0 Å². The van der Waals surface area contributed by atoms with Crippen molar-refractivity contribution in [2.45, 2.75) is 32.5 Å². The Morgan fingerprint density at radius 2 is 2.24 bits per heavy atom. The van der Waals surface area contributed by atoms with Crippen molar-refractivity contribution in [3.63, 3.8) is 0 Å². The molecule has 1 aromatic carbocycles. The molecule has 0 aromatic heterocycles. The Morgan fingerprint density at radius 3 is 2.88 bits per heavy atom. The van der Waals surface area contributed by atoms with Crippen molar-refractivity contribution in [2.75, 3.05) is 13.1 Å². The normalized spacial score (nSPS) is 22.9. The quantitative estimate of drug-likeness (QED) is 0.826. The maximum Gasteiger partial charge on any atom is 0.0552 e. The van der Waals surface area contributed by atoms with Gasteiger partial charge in [-0.05, 0) is 36.9 Å². The van der Waals surface area contributed by atoms with E-state index in [9.17, 15) is 5.11 Å². The van der Waals surface area contributed by atoms with Gasteiger partial charge in [0.1, 0.15) is 0 Å². The molecule has 2 rings (SSSR count). The van der Waals surface area contributed by atoms with Crippen LogP contribution in [0.15, 0.2) is 24.3 Å². The summed E-state index contributed by atoms with van der Waals surface area (Å²) in [6.45, 7) is 5.55. The van der Waals surface area contributed by atoms with Crippen LogP contribution in [-0.4, -0.2) is 29.2 Å². The van der Waals surface area contributed by atoms with Gasteiger partial charge in [-0.25, -0.2) is 0 Å². The fourth-order valence-electron chi connectivity index (χ4n) is 2.51. The molecule has 0 aliphatic carbocycles. The van der Waals surface area contributed by atoms with E-state index in [0.717, 1.165) is 26.1 Å². The van der Waals surface area contributed by atoms with Gasteiger partial charge >= 0.3 is 0 Å². The number of nitrogens with two attached hydrogens (primary N) is 1. The average molecular weight is 234 g/mol. The minimum atomic E-state index is -0.185. The van der Waals surface area contributed by atoms with Crippen LogP contribution in [0.2, 0.25) is 0 Å². The summed E-state index contributed by atoms with van der Waals surface area (Å²) in [6.07, 6.45) is 0.921. The van der Waals surface area contributed by atoms with Crippen molar-refractivity contribution in [3.05, 3.63) is 35.4 Å². The number of hydrogen-bond donors (Lipinski definition) is 2. The second kappa shape index (κ2) is 5.63. The molecule has 3 N–H and O–H groups in total. The lowest BCUT2D eigenvalue weighted by Gasteiger charge is -2.17. The summed E-state index contributed by atoms with van der Waals surface area (Å²) in [5.41, 5.74) is 8.15. The van der Waals surface area contributed by atoms with Gasteiger partial charge in [-0.1, -0.05) is 24.3 Å². The summed E-state index contributed by atoms with van der Waals surface area (Å²) in [5.74, 6) is 0.438. The van der Waals surface area contributed by atoms with Gasteiger partial charge in [0.2, 0.25) is 0 Å². The Labute approximate surface area is 103 Å². The molecule has 0 spiro atoms. The Kier molecular flexibility index (Phi) is 4.15. The SMILES string of the molecule is CC(O)C1CCN(Cc2cccc(CN)c2)C1. The van der Waals surface area contributed by atoms with E-state index in [2.05, 4.69) is 29.2 Å².